The fourth-order valence-electron chi connectivity index (χ4n) is 3.49. The van der Waals surface area contributed by atoms with Crippen LogP contribution in [0.4, 0.5) is 5.69 Å². The van der Waals surface area contributed by atoms with Crippen molar-refractivity contribution in [2.24, 2.45) is 0 Å². The molecule has 0 saturated carbocycles. The van der Waals surface area contributed by atoms with Gasteiger partial charge in [0.25, 0.3) is 0 Å². The normalized spacial score (nSPS) is 15.7. The van der Waals surface area contributed by atoms with Gasteiger partial charge in [-0.1, -0.05) is 35.7 Å². The smallest absolute Gasteiger partial charge is 0.234 e. The number of thioether (sulfide) groups is 2. The lowest BCUT2D eigenvalue weighted by Crippen LogP contribution is -2.32. The SMILES string of the molecule is O=C(CSc1nc2ccc(NC(=O)CSc3nc4ccccc4s3)cc2s1)NCC1CCCO1. The monoisotopic (exact) mass is 530 g/mol. The number of amides is 2. The van der Waals surface area contributed by atoms with Gasteiger partial charge in [-0.15, -0.1) is 22.7 Å². The van der Waals surface area contributed by atoms with E-state index in [9.17, 15) is 9.59 Å². The molecule has 2 aromatic heterocycles. The fraction of sp³-hybridized carbons (Fsp3) is 0.304. The van der Waals surface area contributed by atoms with Gasteiger partial charge in [0.2, 0.25) is 11.8 Å². The predicted octanol–water partition coefficient (Wildman–Crippen LogP) is 5.02. The number of benzene rings is 2. The summed E-state index contributed by atoms with van der Waals surface area (Å²) in [6.07, 6.45) is 2.21. The molecule has 1 unspecified atom stereocenters. The molecule has 1 aliphatic heterocycles. The Morgan fingerprint density at radius 3 is 2.47 bits per heavy atom. The predicted molar refractivity (Wildman–Crippen MR) is 141 cm³/mol. The highest BCUT2D eigenvalue weighted by atomic mass is 32.2. The van der Waals surface area contributed by atoms with Crippen LogP contribution in [0.25, 0.3) is 20.4 Å². The van der Waals surface area contributed by atoms with E-state index in [1.165, 1.54) is 34.9 Å². The maximum Gasteiger partial charge on any atom is 0.234 e. The average molecular weight is 531 g/mol. The zero-order chi connectivity index (χ0) is 23.3. The van der Waals surface area contributed by atoms with E-state index < -0.39 is 0 Å². The second kappa shape index (κ2) is 11.0. The molecule has 4 aromatic rings. The topological polar surface area (TPSA) is 93.2 Å². The van der Waals surface area contributed by atoms with Crippen LogP contribution >= 0.6 is 46.2 Å². The molecular weight excluding hydrogens is 509 g/mol. The molecule has 1 aliphatic rings. The van der Waals surface area contributed by atoms with Crippen LogP contribution in [0.3, 0.4) is 0 Å². The molecule has 0 radical (unpaired) electrons. The van der Waals surface area contributed by atoms with E-state index in [2.05, 4.69) is 20.6 Å². The van der Waals surface area contributed by atoms with Gasteiger partial charge in [0.05, 0.1) is 38.0 Å². The zero-order valence-corrected chi connectivity index (χ0v) is 21.4. The quantitative estimate of drug-likeness (QED) is 0.293. The number of rotatable bonds is 9. The van der Waals surface area contributed by atoms with Crippen LogP contribution in [-0.4, -0.2) is 52.5 Å². The number of para-hydroxylation sites is 1. The van der Waals surface area contributed by atoms with E-state index in [1.807, 2.05) is 42.5 Å². The highest BCUT2D eigenvalue weighted by Crippen LogP contribution is 2.32. The Morgan fingerprint density at radius 1 is 0.971 bits per heavy atom. The van der Waals surface area contributed by atoms with E-state index in [0.29, 0.717) is 18.1 Å². The van der Waals surface area contributed by atoms with Crippen LogP contribution in [0.1, 0.15) is 12.8 Å². The molecule has 34 heavy (non-hydrogen) atoms. The van der Waals surface area contributed by atoms with Crippen molar-refractivity contribution in [2.75, 3.05) is 30.0 Å². The average Bonchev–Trinajstić information content (AvgIpc) is 3.59. The van der Waals surface area contributed by atoms with Crippen LogP contribution < -0.4 is 10.6 Å². The van der Waals surface area contributed by atoms with Crippen molar-refractivity contribution < 1.29 is 14.3 Å². The molecule has 2 amide bonds. The molecule has 2 aromatic carbocycles. The fourth-order valence-corrected chi connectivity index (χ4v) is 7.30. The van der Waals surface area contributed by atoms with Crippen molar-refractivity contribution in [1.29, 1.82) is 0 Å². The van der Waals surface area contributed by atoms with Gasteiger partial charge in [-0.2, -0.15) is 0 Å². The third-order valence-electron chi connectivity index (χ3n) is 5.13. The summed E-state index contributed by atoms with van der Waals surface area (Å²) >= 11 is 5.97. The van der Waals surface area contributed by atoms with E-state index in [0.717, 1.165) is 54.2 Å². The second-order valence-corrected chi connectivity index (χ2v) is 12.2. The maximum atomic E-state index is 12.5. The Balaban J connectivity index is 1.11. The highest BCUT2D eigenvalue weighted by Gasteiger charge is 2.16. The number of nitrogens with one attached hydrogen (secondary N) is 2. The van der Waals surface area contributed by atoms with Crippen LogP contribution in [0.15, 0.2) is 51.1 Å². The van der Waals surface area contributed by atoms with Crippen molar-refractivity contribution in [3.05, 3.63) is 42.5 Å². The van der Waals surface area contributed by atoms with Gasteiger partial charge in [0, 0.05) is 18.8 Å². The molecule has 5 rings (SSSR count). The number of thiazole rings is 2. The Labute approximate surface area is 213 Å². The molecule has 176 valence electrons. The number of nitrogens with zero attached hydrogens (tertiary/aromatic N) is 2. The number of hydrogen-bond acceptors (Lipinski definition) is 9. The second-order valence-electron chi connectivity index (χ2n) is 7.67. The molecule has 0 spiro atoms. The van der Waals surface area contributed by atoms with Crippen molar-refractivity contribution in [3.8, 4) is 0 Å². The minimum Gasteiger partial charge on any atom is -0.376 e. The number of ether oxygens (including phenoxy) is 1. The molecule has 2 N–H and O–H groups in total. The highest BCUT2D eigenvalue weighted by molar-refractivity contribution is 8.02. The molecule has 11 heteroatoms. The van der Waals surface area contributed by atoms with E-state index in [4.69, 9.17) is 4.74 Å². The Kier molecular flexibility index (Phi) is 7.65. The number of carbonyl (C=O) groups is 2. The van der Waals surface area contributed by atoms with Crippen molar-refractivity contribution >= 4 is 84.1 Å². The van der Waals surface area contributed by atoms with E-state index in [-0.39, 0.29) is 17.9 Å². The van der Waals surface area contributed by atoms with Gasteiger partial charge in [-0.05, 0) is 43.2 Å². The van der Waals surface area contributed by atoms with Gasteiger partial charge in [0.1, 0.15) is 0 Å². The van der Waals surface area contributed by atoms with Crippen LogP contribution in [0.2, 0.25) is 0 Å². The Morgan fingerprint density at radius 2 is 1.71 bits per heavy atom. The van der Waals surface area contributed by atoms with Gasteiger partial charge in [-0.3, -0.25) is 9.59 Å². The number of carbonyl (C=O) groups excluding carboxylic acids is 2. The van der Waals surface area contributed by atoms with Crippen LogP contribution in [0.5, 0.6) is 0 Å². The molecule has 1 saturated heterocycles. The summed E-state index contributed by atoms with van der Waals surface area (Å²) in [6, 6.07) is 13.6. The third kappa shape index (κ3) is 6.08. The van der Waals surface area contributed by atoms with Gasteiger partial charge < -0.3 is 15.4 Å². The lowest BCUT2D eigenvalue weighted by Gasteiger charge is -2.09. The molecular formula is C23H22N4O3S4. The summed E-state index contributed by atoms with van der Waals surface area (Å²) in [5.74, 6) is 0.519. The number of anilines is 1. The first-order chi connectivity index (χ1) is 16.6. The summed E-state index contributed by atoms with van der Waals surface area (Å²) < 4.78 is 9.34. The lowest BCUT2D eigenvalue weighted by molar-refractivity contribution is -0.119. The van der Waals surface area contributed by atoms with Gasteiger partial charge in [0.15, 0.2) is 8.68 Å². The minimum absolute atomic E-state index is 0.0154. The molecule has 0 bridgehead atoms. The summed E-state index contributed by atoms with van der Waals surface area (Å²) in [5.41, 5.74) is 2.55. The van der Waals surface area contributed by atoms with Crippen molar-refractivity contribution in [3.63, 3.8) is 0 Å². The molecule has 1 fully saturated rings. The third-order valence-corrected chi connectivity index (χ3v) is 9.47. The summed E-state index contributed by atoms with van der Waals surface area (Å²) in [5, 5.41) is 5.88. The van der Waals surface area contributed by atoms with Crippen molar-refractivity contribution in [1.82, 2.24) is 15.3 Å². The van der Waals surface area contributed by atoms with Crippen molar-refractivity contribution in [2.45, 2.75) is 27.6 Å². The molecule has 1 atom stereocenters. The Bertz CT molecular complexity index is 1280. The number of aromatic nitrogens is 2. The summed E-state index contributed by atoms with van der Waals surface area (Å²) in [4.78, 5) is 33.7. The minimum atomic E-state index is -0.0781. The molecule has 7 nitrogen and oxygen atoms in total. The summed E-state index contributed by atoms with van der Waals surface area (Å²) in [7, 11) is 0. The molecule has 3 heterocycles. The number of hydrogen-bond donors (Lipinski definition) is 2. The lowest BCUT2D eigenvalue weighted by atomic mass is 10.2. The number of fused-ring (bicyclic) bond motifs is 2. The van der Waals surface area contributed by atoms with E-state index >= 15 is 0 Å². The van der Waals surface area contributed by atoms with Crippen LogP contribution in [-0.2, 0) is 14.3 Å². The zero-order valence-electron chi connectivity index (χ0n) is 18.1. The standard InChI is InChI=1S/C23H22N4O3S4/c28-20(24-11-15-4-3-9-30-15)12-31-23-27-17-8-7-14(10-19(17)34-23)25-21(29)13-32-22-26-16-5-1-2-6-18(16)33-22/h1-2,5-8,10,15H,3-4,9,11-13H2,(H,24,28)(H,25,29). The largest absolute Gasteiger partial charge is 0.376 e. The van der Waals surface area contributed by atoms with Gasteiger partial charge in [-0.25, -0.2) is 9.97 Å². The first-order valence-corrected chi connectivity index (χ1v) is 14.4. The van der Waals surface area contributed by atoms with Crippen LogP contribution in [0, 0.1) is 0 Å². The maximum absolute atomic E-state index is 12.5. The first kappa shape index (κ1) is 23.6. The Hall–Kier alpha value is -2.18. The van der Waals surface area contributed by atoms with Gasteiger partial charge >= 0.3 is 0 Å². The van der Waals surface area contributed by atoms with E-state index in [1.54, 1.807) is 11.3 Å². The first-order valence-electron chi connectivity index (χ1n) is 10.8. The molecule has 0 aliphatic carbocycles. The summed E-state index contributed by atoms with van der Waals surface area (Å²) in [6.45, 7) is 1.35.